The molecule has 0 atom stereocenters. The van der Waals surface area contributed by atoms with Gasteiger partial charge in [-0.2, -0.15) is 0 Å². The van der Waals surface area contributed by atoms with E-state index in [1.54, 1.807) is 0 Å². The average Bonchev–Trinajstić information content (AvgIpc) is 3.57. The second-order valence-electron chi connectivity index (χ2n) is 9.81. The van der Waals surface area contributed by atoms with E-state index in [4.69, 9.17) is 4.42 Å². The predicted molar refractivity (Wildman–Crippen MR) is 167 cm³/mol. The van der Waals surface area contributed by atoms with E-state index in [2.05, 4.69) is 127 Å². The van der Waals surface area contributed by atoms with Crippen molar-refractivity contribution in [1.82, 2.24) is 0 Å². The Hall–Kier alpha value is -4.86. The molecule has 8 aromatic rings. The minimum Gasteiger partial charge on any atom is -0.454 e. The lowest BCUT2D eigenvalue weighted by molar-refractivity contribution is 0.670. The molecule has 2 nitrogen and oxygen atoms in total. The minimum atomic E-state index is 0.874. The lowest BCUT2D eigenvalue weighted by Crippen LogP contribution is -1.93. The summed E-state index contributed by atoms with van der Waals surface area (Å²) in [7, 11) is 0. The van der Waals surface area contributed by atoms with Crippen molar-refractivity contribution in [1.29, 1.82) is 0 Å². The summed E-state index contributed by atoms with van der Waals surface area (Å²) in [6.07, 6.45) is 0. The normalized spacial score (nSPS) is 11.6. The van der Waals surface area contributed by atoms with Crippen LogP contribution in [0, 0.1) is 0 Å². The molecule has 0 saturated carbocycles. The standard InChI is InChI=1S/C36H23NOS/c1-2-10-23(11-3-1)31-22-24(37-32-17-9-14-28-26-12-4-6-18-33(26)38-35(28)32)20-21-25(31)29-15-8-16-30-27-13-5-7-19-34(27)39-36(29)30/h1-22,37H. The topological polar surface area (TPSA) is 25.2 Å². The number of hydrogen-bond acceptors (Lipinski definition) is 3. The maximum atomic E-state index is 6.28. The van der Waals surface area contributed by atoms with Crippen molar-refractivity contribution in [2.45, 2.75) is 0 Å². The number of fused-ring (bicyclic) bond motifs is 6. The largest absolute Gasteiger partial charge is 0.454 e. The van der Waals surface area contributed by atoms with E-state index in [0.29, 0.717) is 0 Å². The molecule has 0 bridgehead atoms. The van der Waals surface area contributed by atoms with Crippen molar-refractivity contribution in [2.24, 2.45) is 0 Å². The molecular formula is C36H23NOS. The van der Waals surface area contributed by atoms with Gasteiger partial charge < -0.3 is 9.73 Å². The average molecular weight is 518 g/mol. The van der Waals surface area contributed by atoms with Crippen LogP contribution >= 0.6 is 11.3 Å². The van der Waals surface area contributed by atoms with Gasteiger partial charge in [0.25, 0.3) is 0 Å². The van der Waals surface area contributed by atoms with Crippen LogP contribution in [0.15, 0.2) is 138 Å². The number of benzene rings is 6. The number of hydrogen-bond donors (Lipinski definition) is 1. The van der Waals surface area contributed by atoms with Crippen molar-refractivity contribution in [3.8, 4) is 22.3 Å². The van der Waals surface area contributed by atoms with E-state index in [1.807, 2.05) is 23.5 Å². The van der Waals surface area contributed by atoms with Gasteiger partial charge in [-0.3, -0.25) is 0 Å². The molecule has 0 unspecified atom stereocenters. The molecule has 0 aliphatic heterocycles. The van der Waals surface area contributed by atoms with Crippen molar-refractivity contribution in [2.75, 3.05) is 5.32 Å². The number of nitrogens with one attached hydrogen (secondary N) is 1. The fourth-order valence-corrected chi connectivity index (χ4v) is 6.90. The summed E-state index contributed by atoms with van der Waals surface area (Å²) in [5, 5.41) is 8.54. The maximum Gasteiger partial charge on any atom is 0.158 e. The summed E-state index contributed by atoms with van der Waals surface area (Å²) >= 11 is 1.87. The zero-order chi connectivity index (χ0) is 25.8. The monoisotopic (exact) mass is 517 g/mol. The lowest BCUT2D eigenvalue weighted by atomic mass is 9.93. The fraction of sp³-hybridized carbons (Fsp3) is 0. The van der Waals surface area contributed by atoms with E-state index in [-0.39, 0.29) is 0 Å². The first-order chi connectivity index (χ1) is 19.3. The molecule has 0 fully saturated rings. The first-order valence-corrected chi connectivity index (χ1v) is 13.9. The SMILES string of the molecule is c1ccc(-c2cc(Nc3cccc4c3oc3ccccc34)ccc2-c2cccc3c2sc2ccccc23)cc1. The Morgan fingerprint density at radius 1 is 0.513 bits per heavy atom. The quantitative estimate of drug-likeness (QED) is 0.251. The smallest absolute Gasteiger partial charge is 0.158 e. The molecular weight excluding hydrogens is 494 g/mol. The summed E-state index contributed by atoms with van der Waals surface area (Å²) in [4.78, 5) is 0. The predicted octanol–water partition coefficient (Wildman–Crippen LogP) is 11.0. The van der Waals surface area contributed by atoms with E-state index < -0.39 is 0 Å². The van der Waals surface area contributed by atoms with Gasteiger partial charge in [-0.1, -0.05) is 103 Å². The van der Waals surface area contributed by atoms with Gasteiger partial charge in [-0.15, -0.1) is 11.3 Å². The number of thiophene rings is 1. The number of rotatable bonds is 4. The minimum absolute atomic E-state index is 0.874. The molecule has 2 heterocycles. The zero-order valence-electron chi connectivity index (χ0n) is 21.0. The zero-order valence-corrected chi connectivity index (χ0v) is 21.8. The van der Waals surface area contributed by atoms with E-state index in [1.165, 1.54) is 42.4 Å². The first kappa shape index (κ1) is 22.2. The Balaban J connectivity index is 1.30. The number of furan rings is 1. The van der Waals surface area contributed by atoms with Crippen LogP contribution < -0.4 is 5.32 Å². The van der Waals surface area contributed by atoms with Gasteiger partial charge in [0.1, 0.15) is 5.58 Å². The van der Waals surface area contributed by atoms with Crippen molar-refractivity contribution >= 4 is 64.8 Å². The fourth-order valence-electron chi connectivity index (χ4n) is 5.67. The molecule has 6 aromatic carbocycles. The molecule has 3 heteroatoms. The third-order valence-corrected chi connectivity index (χ3v) is 8.70. The van der Waals surface area contributed by atoms with Crippen LogP contribution in [0.4, 0.5) is 11.4 Å². The molecule has 0 amide bonds. The molecule has 0 aliphatic carbocycles. The van der Waals surface area contributed by atoms with Crippen molar-refractivity contribution < 1.29 is 4.42 Å². The van der Waals surface area contributed by atoms with Crippen molar-refractivity contribution in [3.63, 3.8) is 0 Å². The molecule has 2 aromatic heterocycles. The van der Waals surface area contributed by atoms with Crippen LogP contribution in [-0.2, 0) is 0 Å². The Kier molecular flexibility index (Phi) is 5.04. The van der Waals surface area contributed by atoms with E-state index in [0.717, 1.165) is 33.3 Å². The molecule has 0 spiro atoms. The Morgan fingerprint density at radius 2 is 1.26 bits per heavy atom. The van der Waals surface area contributed by atoms with Gasteiger partial charge in [0.15, 0.2) is 5.58 Å². The molecule has 0 saturated heterocycles. The molecule has 0 radical (unpaired) electrons. The van der Waals surface area contributed by atoms with Crippen LogP contribution in [0.25, 0.3) is 64.4 Å². The Bertz CT molecular complexity index is 2150. The number of para-hydroxylation sites is 2. The molecule has 8 rings (SSSR count). The second-order valence-corrected chi connectivity index (χ2v) is 10.9. The number of anilines is 2. The maximum absolute atomic E-state index is 6.28. The van der Waals surface area contributed by atoms with Gasteiger partial charge >= 0.3 is 0 Å². The Morgan fingerprint density at radius 3 is 2.18 bits per heavy atom. The highest BCUT2D eigenvalue weighted by Crippen LogP contribution is 2.44. The van der Waals surface area contributed by atoms with Gasteiger partial charge in [-0.25, -0.2) is 0 Å². The van der Waals surface area contributed by atoms with Crippen LogP contribution in [0.5, 0.6) is 0 Å². The third kappa shape index (κ3) is 3.63. The van der Waals surface area contributed by atoms with Crippen LogP contribution in [0.1, 0.15) is 0 Å². The summed E-state index contributed by atoms with van der Waals surface area (Å²) in [5.41, 5.74) is 8.64. The van der Waals surface area contributed by atoms with E-state index >= 15 is 0 Å². The van der Waals surface area contributed by atoms with Crippen LogP contribution in [0.3, 0.4) is 0 Å². The highest BCUT2D eigenvalue weighted by Gasteiger charge is 2.16. The summed E-state index contributed by atoms with van der Waals surface area (Å²) in [5.74, 6) is 0. The summed E-state index contributed by atoms with van der Waals surface area (Å²) in [6.45, 7) is 0. The third-order valence-electron chi connectivity index (χ3n) is 7.48. The Labute approximate surface area is 229 Å². The molecule has 0 aliphatic rings. The first-order valence-electron chi connectivity index (χ1n) is 13.1. The van der Waals surface area contributed by atoms with Crippen LogP contribution in [-0.4, -0.2) is 0 Å². The van der Waals surface area contributed by atoms with E-state index in [9.17, 15) is 0 Å². The molecule has 39 heavy (non-hydrogen) atoms. The van der Waals surface area contributed by atoms with Crippen molar-refractivity contribution in [3.05, 3.63) is 133 Å². The highest BCUT2D eigenvalue weighted by molar-refractivity contribution is 7.26. The molecule has 1 N–H and O–H groups in total. The van der Waals surface area contributed by atoms with Gasteiger partial charge in [0.2, 0.25) is 0 Å². The van der Waals surface area contributed by atoms with Gasteiger partial charge in [0, 0.05) is 42.2 Å². The van der Waals surface area contributed by atoms with Gasteiger partial charge in [0.05, 0.1) is 5.69 Å². The lowest BCUT2D eigenvalue weighted by Gasteiger charge is -2.15. The second kappa shape index (κ2) is 8.87. The molecule has 184 valence electrons. The summed E-state index contributed by atoms with van der Waals surface area (Å²) in [6, 6.07) is 47.2. The highest BCUT2D eigenvalue weighted by atomic mass is 32.1. The van der Waals surface area contributed by atoms with Gasteiger partial charge in [-0.05, 0) is 47.0 Å². The summed E-state index contributed by atoms with van der Waals surface area (Å²) < 4.78 is 8.92. The van der Waals surface area contributed by atoms with Crippen LogP contribution in [0.2, 0.25) is 0 Å².